The molecule has 0 bridgehead atoms. The van der Waals surface area contributed by atoms with E-state index < -0.39 is 6.04 Å². The molecule has 0 fully saturated rings. The second-order valence-electron chi connectivity index (χ2n) is 7.34. The Morgan fingerprint density at radius 3 is 2.46 bits per heavy atom. The highest BCUT2D eigenvalue weighted by molar-refractivity contribution is 5.98. The van der Waals surface area contributed by atoms with E-state index in [1.165, 1.54) is 17.5 Å². The third kappa shape index (κ3) is 4.51. The Labute approximate surface area is 155 Å². The molecule has 2 amide bonds. The van der Waals surface area contributed by atoms with Gasteiger partial charge in [-0.2, -0.15) is 0 Å². The first kappa shape index (κ1) is 18.2. The van der Waals surface area contributed by atoms with Gasteiger partial charge >= 0.3 is 0 Å². The van der Waals surface area contributed by atoms with Crippen molar-refractivity contribution in [3.8, 4) is 0 Å². The van der Waals surface area contributed by atoms with Crippen LogP contribution < -0.4 is 10.6 Å². The Kier molecular flexibility index (Phi) is 5.71. The van der Waals surface area contributed by atoms with Gasteiger partial charge in [0.25, 0.3) is 5.91 Å². The van der Waals surface area contributed by atoms with E-state index >= 15 is 0 Å². The zero-order chi connectivity index (χ0) is 18.5. The quantitative estimate of drug-likeness (QED) is 0.827. The summed E-state index contributed by atoms with van der Waals surface area (Å²) in [6.45, 7) is 3.98. The van der Waals surface area contributed by atoms with Crippen LogP contribution in [0.5, 0.6) is 0 Å². The van der Waals surface area contributed by atoms with Crippen LogP contribution in [0.2, 0.25) is 0 Å². The van der Waals surface area contributed by atoms with E-state index in [9.17, 15) is 9.59 Å². The minimum atomic E-state index is -0.698. The van der Waals surface area contributed by atoms with Gasteiger partial charge in [-0.1, -0.05) is 50.2 Å². The molecule has 0 radical (unpaired) electrons. The molecule has 4 heteroatoms. The number of fused-ring (bicyclic) bond motifs is 1. The van der Waals surface area contributed by atoms with E-state index in [0.29, 0.717) is 6.42 Å². The first-order valence-corrected chi connectivity index (χ1v) is 9.30. The summed E-state index contributed by atoms with van der Waals surface area (Å²) in [4.78, 5) is 25.2. The second-order valence-corrected chi connectivity index (χ2v) is 7.34. The van der Waals surface area contributed by atoms with Crippen molar-refractivity contribution < 1.29 is 9.59 Å². The summed E-state index contributed by atoms with van der Waals surface area (Å²) in [6.07, 6.45) is 3.74. The minimum absolute atomic E-state index is 0.113. The molecule has 0 saturated heterocycles. The van der Waals surface area contributed by atoms with E-state index in [-0.39, 0.29) is 17.7 Å². The molecular formula is C22H26N2O2. The van der Waals surface area contributed by atoms with Gasteiger partial charge in [0.15, 0.2) is 0 Å². The van der Waals surface area contributed by atoms with Crippen LogP contribution in [0.1, 0.15) is 49.4 Å². The van der Waals surface area contributed by atoms with Crippen LogP contribution in [0.25, 0.3) is 0 Å². The molecule has 4 nitrogen and oxygen atoms in total. The topological polar surface area (TPSA) is 58.2 Å². The average Bonchev–Trinajstić information content (AvgIpc) is 3.07. The predicted octanol–water partition coefficient (Wildman–Crippen LogP) is 4.02. The number of hydrogen-bond acceptors (Lipinski definition) is 2. The summed E-state index contributed by atoms with van der Waals surface area (Å²) in [6, 6.07) is 14.8. The molecular weight excluding hydrogens is 324 g/mol. The number of carbonyl (C=O) groups excluding carboxylic acids is 2. The molecule has 26 heavy (non-hydrogen) atoms. The number of aryl methyl sites for hydroxylation is 2. The van der Waals surface area contributed by atoms with Gasteiger partial charge in [-0.05, 0) is 54.0 Å². The number of rotatable bonds is 6. The summed E-state index contributed by atoms with van der Waals surface area (Å²) >= 11 is 0. The molecule has 3 rings (SSSR count). The van der Waals surface area contributed by atoms with Crippen molar-refractivity contribution in [2.24, 2.45) is 5.92 Å². The van der Waals surface area contributed by atoms with Crippen molar-refractivity contribution in [3.63, 3.8) is 0 Å². The summed E-state index contributed by atoms with van der Waals surface area (Å²) in [5.74, 6) is -0.0876. The van der Waals surface area contributed by atoms with Crippen molar-refractivity contribution in [2.75, 3.05) is 5.32 Å². The third-order valence-corrected chi connectivity index (χ3v) is 4.66. The van der Waals surface area contributed by atoms with Crippen molar-refractivity contribution in [3.05, 3.63) is 65.2 Å². The van der Waals surface area contributed by atoms with E-state index in [4.69, 9.17) is 0 Å². The zero-order valence-electron chi connectivity index (χ0n) is 15.4. The molecule has 0 saturated carbocycles. The first-order valence-electron chi connectivity index (χ1n) is 9.30. The van der Waals surface area contributed by atoms with E-state index in [1.54, 1.807) is 0 Å². The maximum atomic E-state index is 12.9. The second kappa shape index (κ2) is 8.17. The fourth-order valence-corrected chi connectivity index (χ4v) is 3.40. The van der Waals surface area contributed by atoms with Crippen LogP contribution in [-0.2, 0) is 22.4 Å². The van der Waals surface area contributed by atoms with Gasteiger partial charge < -0.3 is 10.6 Å². The van der Waals surface area contributed by atoms with Gasteiger partial charge in [-0.15, -0.1) is 0 Å². The number of nitrogens with one attached hydrogen (secondary N) is 2. The van der Waals surface area contributed by atoms with Crippen molar-refractivity contribution >= 4 is 17.5 Å². The number of anilines is 1. The van der Waals surface area contributed by atoms with Crippen LogP contribution in [0.15, 0.2) is 48.5 Å². The number of hydrogen-bond donors (Lipinski definition) is 2. The molecule has 1 unspecified atom stereocenters. The van der Waals surface area contributed by atoms with Gasteiger partial charge in [0.1, 0.15) is 6.04 Å². The monoisotopic (exact) mass is 350 g/mol. The van der Waals surface area contributed by atoms with Gasteiger partial charge in [0, 0.05) is 12.1 Å². The molecule has 1 atom stereocenters. The predicted molar refractivity (Wildman–Crippen MR) is 104 cm³/mol. The fourth-order valence-electron chi connectivity index (χ4n) is 3.40. The maximum absolute atomic E-state index is 12.9. The fraction of sp³-hybridized carbons (Fsp3) is 0.364. The van der Waals surface area contributed by atoms with E-state index in [0.717, 1.165) is 24.1 Å². The molecule has 2 aromatic rings. The smallest absolute Gasteiger partial charge is 0.251 e. The largest absolute Gasteiger partial charge is 0.341 e. The Bertz CT molecular complexity index is 784. The zero-order valence-corrected chi connectivity index (χ0v) is 15.4. The molecule has 136 valence electrons. The third-order valence-electron chi connectivity index (χ3n) is 4.66. The lowest BCUT2D eigenvalue weighted by Gasteiger charge is -2.20. The highest BCUT2D eigenvalue weighted by atomic mass is 16.2. The van der Waals surface area contributed by atoms with Gasteiger partial charge in [-0.25, -0.2) is 0 Å². The molecule has 0 aliphatic heterocycles. The highest BCUT2D eigenvalue weighted by Crippen LogP contribution is 2.25. The average molecular weight is 350 g/mol. The summed E-state index contributed by atoms with van der Waals surface area (Å²) in [5, 5.41) is 5.86. The summed E-state index contributed by atoms with van der Waals surface area (Å²) in [7, 11) is 0. The van der Waals surface area contributed by atoms with Gasteiger partial charge in [0.2, 0.25) is 5.91 Å². The molecule has 0 spiro atoms. The molecule has 0 aromatic heterocycles. The Hall–Kier alpha value is -2.62. The van der Waals surface area contributed by atoms with Gasteiger partial charge in [0.05, 0.1) is 0 Å². The number of amides is 2. The SMILES string of the molecule is CC(C)CC(=O)NC(C(=O)Nc1ccc2c(c1)CCC2)c1ccccc1. The van der Waals surface area contributed by atoms with Crippen molar-refractivity contribution in [1.82, 2.24) is 5.32 Å². The molecule has 0 heterocycles. The molecule has 2 aromatic carbocycles. The van der Waals surface area contributed by atoms with Crippen LogP contribution in [0.3, 0.4) is 0 Å². The van der Waals surface area contributed by atoms with Crippen LogP contribution in [0.4, 0.5) is 5.69 Å². The lowest BCUT2D eigenvalue weighted by atomic mass is 10.0. The Morgan fingerprint density at radius 2 is 1.73 bits per heavy atom. The molecule has 1 aliphatic carbocycles. The normalized spacial score (nSPS) is 14.0. The molecule has 2 N–H and O–H groups in total. The minimum Gasteiger partial charge on any atom is -0.341 e. The van der Waals surface area contributed by atoms with Crippen LogP contribution in [0, 0.1) is 5.92 Å². The summed E-state index contributed by atoms with van der Waals surface area (Å²) in [5.41, 5.74) is 4.24. The van der Waals surface area contributed by atoms with Crippen molar-refractivity contribution in [2.45, 2.75) is 45.6 Å². The maximum Gasteiger partial charge on any atom is 0.251 e. The standard InChI is InChI=1S/C22H26N2O2/c1-15(2)13-20(25)24-21(17-7-4-3-5-8-17)22(26)23-19-12-11-16-9-6-10-18(16)14-19/h3-5,7-8,11-12,14-15,21H,6,9-10,13H2,1-2H3,(H,23,26)(H,24,25). The summed E-state index contributed by atoms with van der Waals surface area (Å²) < 4.78 is 0. The van der Waals surface area contributed by atoms with E-state index in [2.05, 4.69) is 22.8 Å². The van der Waals surface area contributed by atoms with Crippen LogP contribution in [-0.4, -0.2) is 11.8 Å². The first-order chi connectivity index (χ1) is 12.5. The van der Waals surface area contributed by atoms with E-state index in [1.807, 2.05) is 50.2 Å². The Morgan fingerprint density at radius 1 is 1.00 bits per heavy atom. The lowest BCUT2D eigenvalue weighted by molar-refractivity contribution is -0.127. The number of benzene rings is 2. The highest BCUT2D eigenvalue weighted by Gasteiger charge is 2.23. The van der Waals surface area contributed by atoms with Crippen molar-refractivity contribution in [1.29, 1.82) is 0 Å². The van der Waals surface area contributed by atoms with Gasteiger partial charge in [-0.3, -0.25) is 9.59 Å². The Balaban J connectivity index is 1.77. The van der Waals surface area contributed by atoms with Crippen LogP contribution >= 0.6 is 0 Å². The number of carbonyl (C=O) groups is 2. The molecule has 1 aliphatic rings. The lowest BCUT2D eigenvalue weighted by Crippen LogP contribution is -2.37.